The van der Waals surface area contributed by atoms with E-state index in [0.717, 1.165) is 34.6 Å². The van der Waals surface area contributed by atoms with Gasteiger partial charge < -0.3 is 4.90 Å². The summed E-state index contributed by atoms with van der Waals surface area (Å²) in [6, 6.07) is 90.3. The molecule has 0 aliphatic rings. The molecule has 1 heteroatoms. The Morgan fingerprint density at radius 2 is 0.818 bits per heavy atom. The van der Waals surface area contributed by atoms with Gasteiger partial charge in [0, 0.05) is 16.8 Å². The van der Waals surface area contributed by atoms with Crippen LogP contribution >= 0.6 is 0 Å². The lowest BCUT2D eigenvalue weighted by Crippen LogP contribution is -2.10. The van der Waals surface area contributed by atoms with Crippen LogP contribution in [0.5, 0.6) is 0 Å². The smallest absolute Gasteiger partial charge is 0.0540 e. The van der Waals surface area contributed by atoms with Crippen molar-refractivity contribution in [2.45, 2.75) is 20.3 Å². The maximum absolute atomic E-state index is 2.40. The van der Waals surface area contributed by atoms with E-state index in [1.165, 1.54) is 77.6 Å². The fraction of sp³-hybridized carbons (Fsp3) is 0.0462. The Balaban J connectivity index is 1.04. The van der Waals surface area contributed by atoms with Crippen LogP contribution in [0.25, 0.3) is 45.2 Å². The number of rotatable bonds is 12. The van der Waals surface area contributed by atoms with E-state index >= 15 is 0 Å². The highest BCUT2D eigenvalue weighted by molar-refractivity contribution is 6.01. The molecule has 0 atom stereocenters. The quantitative estimate of drug-likeness (QED) is 0.111. The highest BCUT2D eigenvalue weighted by atomic mass is 15.1. The van der Waals surface area contributed by atoms with Crippen LogP contribution in [0.15, 0.2) is 249 Å². The van der Waals surface area contributed by atoms with E-state index in [1.54, 1.807) is 0 Å². The number of benzene rings is 10. The van der Waals surface area contributed by atoms with Gasteiger partial charge in [0.25, 0.3) is 0 Å². The lowest BCUT2D eigenvalue weighted by atomic mass is 9.93. The predicted octanol–water partition coefficient (Wildman–Crippen LogP) is 17.4. The Labute approximate surface area is 390 Å². The van der Waals surface area contributed by atoms with Crippen LogP contribution in [-0.2, 0) is 6.42 Å². The molecule has 0 heterocycles. The van der Waals surface area contributed by atoms with Crippen LogP contribution in [0.3, 0.4) is 0 Å². The van der Waals surface area contributed by atoms with Crippen molar-refractivity contribution in [2.24, 2.45) is 0 Å². The Kier molecular flexibility index (Phi) is 12.2. The van der Waals surface area contributed by atoms with Crippen LogP contribution in [0, 0.1) is 13.8 Å². The van der Waals surface area contributed by atoms with Gasteiger partial charge in [0.2, 0.25) is 0 Å². The summed E-state index contributed by atoms with van der Waals surface area (Å²) in [7, 11) is 0. The normalized spacial score (nSPS) is 11.3. The SMILES string of the molecule is Cc1ccc(C(=Cc2ccc(N(c3ccc(-c4ccccc4)cc3)c3cccc4cc(C=C(c5ccccc5)c5ccc(Cc6ccccc6)cc5)ccc34)cc2)c2ccc(C)cc2)cc1. The van der Waals surface area contributed by atoms with Crippen molar-refractivity contribution in [3.63, 3.8) is 0 Å². The van der Waals surface area contributed by atoms with Crippen molar-refractivity contribution in [2.75, 3.05) is 4.90 Å². The fourth-order valence-electron chi connectivity index (χ4n) is 8.87. The van der Waals surface area contributed by atoms with E-state index in [9.17, 15) is 0 Å². The number of aryl methyl sites for hydroxylation is 2. The second-order valence-corrected chi connectivity index (χ2v) is 17.2. The molecule has 0 aliphatic carbocycles. The summed E-state index contributed by atoms with van der Waals surface area (Å²) in [4.78, 5) is 2.40. The molecule has 0 fully saturated rings. The number of anilines is 3. The zero-order valence-electron chi connectivity index (χ0n) is 37.5. The standard InChI is InChI=1S/C65H51N/c1-47-21-30-56(31-22-47)63(57-32-23-48(2)24-33-57)45-51-27-38-60(39-28-51)66(61-40-36-54(37-41-61)53-15-8-4-9-16-53)65-20-12-19-59-44-52(29-42-62(59)65)46-64(55-17-10-5-11-18-55)58-34-25-50(26-35-58)43-49-13-6-3-7-14-49/h3-42,44-46H,43H2,1-2H3. The molecule has 0 aromatic heterocycles. The third kappa shape index (κ3) is 9.48. The molecule has 0 N–H and O–H groups in total. The molecule has 66 heavy (non-hydrogen) atoms. The summed E-state index contributed by atoms with van der Waals surface area (Å²) in [5, 5.41) is 2.36. The van der Waals surface area contributed by atoms with Crippen LogP contribution in [-0.4, -0.2) is 0 Å². The minimum absolute atomic E-state index is 0.914. The van der Waals surface area contributed by atoms with E-state index in [2.05, 4.69) is 280 Å². The van der Waals surface area contributed by atoms with Crippen molar-refractivity contribution in [1.29, 1.82) is 0 Å². The summed E-state index contributed by atoms with van der Waals surface area (Å²) < 4.78 is 0. The number of hydrogen-bond acceptors (Lipinski definition) is 1. The van der Waals surface area contributed by atoms with Crippen molar-refractivity contribution < 1.29 is 0 Å². The maximum atomic E-state index is 2.40. The zero-order chi connectivity index (χ0) is 44.7. The van der Waals surface area contributed by atoms with Gasteiger partial charge in [-0.15, -0.1) is 0 Å². The number of nitrogens with zero attached hydrogens (tertiary/aromatic N) is 1. The molecule has 0 radical (unpaired) electrons. The van der Waals surface area contributed by atoms with Gasteiger partial charge in [-0.05, 0) is 141 Å². The summed E-state index contributed by atoms with van der Waals surface area (Å²) >= 11 is 0. The van der Waals surface area contributed by atoms with Gasteiger partial charge in [-0.25, -0.2) is 0 Å². The Hall–Kier alpha value is -8.26. The maximum Gasteiger partial charge on any atom is 0.0540 e. The molecule has 10 aromatic carbocycles. The first kappa shape index (κ1) is 41.7. The summed E-state index contributed by atoms with van der Waals surface area (Å²) in [5.74, 6) is 0. The highest BCUT2D eigenvalue weighted by Crippen LogP contribution is 2.41. The first-order valence-corrected chi connectivity index (χ1v) is 22.9. The Morgan fingerprint density at radius 1 is 0.364 bits per heavy atom. The van der Waals surface area contributed by atoms with Gasteiger partial charge in [0.05, 0.1) is 5.69 Å². The molecule has 0 amide bonds. The van der Waals surface area contributed by atoms with Gasteiger partial charge in [0.1, 0.15) is 0 Å². The topological polar surface area (TPSA) is 3.24 Å². The zero-order valence-corrected chi connectivity index (χ0v) is 37.5. The molecule has 0 saturated carbocycles. The fourth-order valence-corrected chi connectivity index (χ4v) is 8.87. The van der Waals surface area contributed by atoms with E-state index in [-0.39, 0.29) is 0 Å². The second-order valence-electron chi connectivity index (χ2n) is 17.2. The molecule has 0 saturated heterocycles. The van der Waals surface area contributed by atoms with Crippen LogP contribution in [0.4, 0.5) is 17.1 Å². The minimum atomic E-state index is 0.914. The summed E-state index contributed by atoms with van der Waals surface area (Å²) in [5.41, 5.74) is 20.3. The number of fused-ring (bicyclic) bond motifs is 1. The minimum Gasteiger partial charge on any atom is -0.310 e. The molecule has 0 spiro atoms. The Bertz CT molecular complexity index is 3210. The number of hydrogen-bond donors (Lipinski definition) is 0. The molecule has 1 nitrogen and oxygen atoms in total. The summed E-state index contributed by atoms with van der Waals surface area (Å²) in [6.07, 6.45) is 5.56. The lowest BCUT2D eigenvalue weighted by molar-refractivity contribution is 1.19. The second kappa shape index (κ2) is 19.2. The van der Waals surface area contributed by atoms with Gasteiger partial charge >= 0.3 is 0 Å². The molecule has 10 aromatic rings. The van der Waals surface area contributed by atoms with Gasteiger partial charge in [-0.3, -0.25) is 0 Å². The Morgan fingerprint density at radius 3 is 1.41 bits per heavy atom. The first-order chi connectivity index (χ1) is 32.5. The van der Waals surface area contributed by atoms with E-state index in [0.29, 0.717) is 0 Å². The van der Waals surface area contributed by atoms with Crippen LogP contribution in [0.2, 0.25) is 0 Å². The third-order valence-corrected chi connectivity index (χ3v) is 12.5. The molecule has 0 unspecified atom stereocenters. The van der Waals surface area contributed by atoms with Crippen LogP contribution < -0.4 is 4.90 Å². The van der Waals surface area contributed by atoms with Crippen LogP contribution in [0.1, 0.15) is 55.6 Å². The molecular formula is C65H51N. The van der Waals surface area contributed by atoms with Crippen molar-refractivity contribution in [1.82, 2.24) is 0 Å². The molecular weight excluding hydrogens is 795 g/mol. The molecule has 10 rings (SSSR count). The largest absolute Gasteiger partial charge is 0.310 e. The van der Waals surface area contributed by atoms with E-state index in [4.69, 9.17) is 0 Å². The van der Waals surface area contributed by atoms with Gasteiger partial charge in [-0.1, -0.05) is 223 Å². The van der Waals surface area contributed by atoms with Gasteiger partial charge in [0.15, 0.2) is 0 Å². The van der Waals surface area contributed by atoms with Crippen molar-refractivity contribution in [3.05, 3.63) is 304 Å². The van der Waals surface area contributed by atoms with E-state index in [1.807, 2.05) is 0 Å². The van der Waals surface area contributed by atoms with Gasteiger partial charge in [-0.2, -0.15) is 0 Å². The molecule has 316 valence electrons. The molecule has 0 aliphatic heterocycles. The molecule has 0 bridgehead atoms. The lowest BCUT2D eigenvalue weighted by Gasteiger charge is -2.27. The van der Waals surface area contributed by atoms with Crippen molar-refractivity contribution in [3.8, 4) is 11.1 Å². The predicted molar refractivity (Wildman–Crippen MR) is 283 cm³/mol. The average Bonchev–Trinajstić information content (AvgIpc) is 3.37. The third-order valence-electron chi connectivity index (χ3n) is 12.5. The van der Waals surface area contributed by atoms with E-state index < -0.39 is 0 Å². The highest BCUT2D eigenvalue weighted by Gasteiger charge is 2.17. The summed E-state index contributed by atoms with van der Waals surface area (Å²) in [6.45, 7) is 4.28. The first-order valence-electron chi connectivity index (χ1n) is 22.9. The average molecular weight is 846 g/mol. The monoisotopic (exact) mass is 845 g/mol. The van der Waals surface area contributed by atoms with Crippen molar-refractivity contribution >= 4 is 51.1 Å².